The molecule has 0 saturated carbocycles. The number of carbonyl (C=O) groups is 2. The zero-order valence-corrected chi connectivity index (χ0v) is 13.3. The average molecular weight is 335 g/mol. The third-order valence-corrected chi connectivity index (χ3v) is 3.20. The van der Waals surface area contributed by atoms with Gasteiger partial charge in [-0.2, -0.15) is 0 Å². The molecule has 6 nitrogen and oxygen atoms in total. The van der Waals surface area contributed by atoms with Crippen molar-refractivity contribution < 1.29 is 19.1 Å². The van der Waals surface area contributed by atoms with Gasteiger partial charge < -0.3 is 14.8 Å². The lowest BCUT2D eigenvalue weighted by Gasteiger charge is -2.15. The Morgan fingerprint density at radius 1 is 1.22 bits per heavy atom. The Balaban J connectivity index is 1.99. The Kier molecular flexibility index (Phi) is 5.54. The minimum atomic E-state index is -0.983. The molecule has 1 aromatic carbocycles. The molecule has 0 aliphatic carbocycles. The number of carbonyl (C=O) groups excluding carboxylic acids is 2. The zero-order chi connectivity index (χ0) is 16.8. The maximum absolute atomic E-state index is 12.1. The summed E-state index contributed by atoms with van der Waals surface area (Å²) in [6, 6.07) is 9.89. The number of benzene rings is 1. The number of pyridine rings is 1. The summed E-state index contributed by atoms with van der Waals surface area (Å²) in [5.74, 6) is -0.608. The number of nitrogens with zero attached hydrogens (tertiary/aromatic N) is 1. The molecule has 2 aromatic rings. The molecule has 0 radical (unpaired) electrons. The van der Waals surface area contributed by atoms with E-state index in [0.29, 0.717) is 11.4 Å². The predicted molar refractivity (Wildman–Crippen MR) is 85.7 cm³/mol. The minimum Gasteiger partial charge on any atom is -0.495 e. The van der Waals surface area contributed by atoms with E-state index in [1.807, 2.05) is 0 Å². The van der Waals surface area contributed by atoms with Gasteiger partial charge in [0.2, 0.25) is 0 Å². The first kappa shape index (κ1) is 16.8. The van der Waals surface area contributed by atoms with Gasteiger partial charge in [-0.25, -0.2) is 9.78 Å². The van der Waals surface area contributed by atoms with Crippen LogP contribution in [0.5, 0.6) is 5.75 Å². The van der Waals surface area contributed by atoms with E-state index in [0.717, 1.165) is 0 Å². The number of rotatable bonds is 5. The summed E-state index contributed by atoms with van der Waals surface area (Å²) in [4.78, 5) is 27.8. The third-order valence-electron chi connectivity index (χ3n) is 2.98. The molecule has 1 atom stereocenters. The maximum Gasteiger partial charge on any atom is 0.340 e. The molecule has 0 unspecified atom stereocenters. The van der Waals surface area contributed by atoms with Gasteiger partial charge in [0.15, 0.2) is 6.10 Å². The van der Waals surface area contributed by atoms with E-state index in [2.05, 4.69) is 10.3 Å². The van der Waals surface area contributed by atoms with Crippen LogP contribution in [0.2, 0.25) is 5.15 Å². The zero-order valence-electron chi connectivity index (χ0n) is 12.6. The van der Waals surface area contributed by atoms with Gasteiger partial charge in [-0.1, -0.05) is 23.7 Å². The fourth-order valence-corrected chi connectivity index (χ4v) is 1.87. The van der Waals surface area contributed by atoms with Gasteiger partial charge in [0.1, 0.15) is 10.9 Å². The Labute approximate surface area is 138 Å². The van der Waals surface area contributed by atoms with Crippen molar-refractivity contribution in [2.45, 2.75) is 13.0 Å². The lowest BCUT2D eigenvalue weighted by molar-refractivity contribution is -0.123. The van der Waals surface area contributed by atoms with Crippen molar-refractivity contribution in [2.24, 2.45) is 0 Å². The third kappa shape index (κ3) is 4.43. The second-order valence-corrected chi connectivity index (χ2v) is 4.99. The summed E-state index contributed by atoms with van der Waals surface area (Å²) in [6.45, 7) is 1.48. The van der Waals surface area contributed by atoms with E-state index in [1.54, 1.807) is 24.3 Å². The van der Waals surface area contributed by atoms with Crippen molar-refractivity contribution in [1.82, 2.24) is 4.98 Å². The highest BCUT2D eigenvalue weighted by molar-refractivity contribution is 6.29. The van der Waals surface area contributed by atoms with E-state index in [9.17, 15) is 9.59 Å². The molecule has 1 heterocycles. The van der Waals surface area contributed by atoms with Crippen LogP contribution in [0.15, 0.2) is 42.6 Å². The second kappa shape index (κ2) is 7.60. The molecule has 120 valence electrons. The number of hydrogen-bond acceptors (Lipinski definition) is 5. The molecular formula is C16H15ClN2O4. The highest BCUT2D eigenvalue weighted by Gasteiger charge is 2.20. The summed E-state index contributed by atoms with van der Waals surface area (Å²) < 4.78 is 10.3. The molecule has 2 rings (SSSR count). The second-order valence-electron chi connectivity index (χ2n) is 4.61. The van der Waals surface area contributed by atoms with Crippen LogP contribution in [0, 0.1) is 0 Å². The van der Waals surface area contributed by atoms with Crippen LogP contribution < -0.4 is 10.1 Å². The molecule has 1 amide bonds. The molecule has 7 heteroatoms. The number of methoxy groups -OCH3 is 1. The lowest BCUT2D eigenvalue weighted by atomic mass is 10.2. The first-order valence-electron chi connectivity index (χ1n) is 6.77. The molecule has 23 heavy (non-hydrogen) atoms. The Morgan fingerprint density at radius 3 is 2.61 bits per heavy atom. The van der Waals surface area contributed by atoms with Crippen molar-refractivity contribution in [3.8, 4) is 5.75 Å². The minimum absolute atomic E-state index is 0.214. The standard InChI is InChI=1S/C16H15ClN2O4/c1-10(23-16(21)11-7-8-14(17)18-9-11)15(20)19-12-5-3-4-6-13(12)22-2/h3-10H,1-2H3,(H,19,20)/t10-/m0/s1. The molecular weight excluding hydrogens is 320 g/mol. The summed E-state index contributed by atoms with van der Waals surface area (Å²) in [7, 11) is 1.50. The van der Waals surface area contributed by atoms with Crippen molar-refractivity contribution in [3.63, 3.8) is 0 Å². The predicted octanol–water partition coefficient (Wildman–Crippen LogP) is 2.93. The smallest absolute Gasteiger partial charge is 0.340 e. The maximum atomic E-state index is 12.1. The molecule has 1 N–H and O–H groups in total. The molecule has 0 saturated heterocycles. The van der Waals surface area contributed by atoms with Crippen molar-refractivity contribution in [2.75, 3.05) is 12.4 Å². The normalized spacial score (nSPS) is 11.4. The number of para-hydroxylation sites is 2. The van der Waals surface area contributed by atoms with Gasteiger partial charge in [0.05, 0.1) is 18.4 Å². The quantitative estimate of drug-likeness (QED) is 0.672. The molecule has 0 bridgehead atoms. The number of amides is 1. The molecule has 1 aromatic heterocycles. The highest BCUT2D eigenvalue weighted by atomic mass is 35.5. The summed E-state index contributed by atoms with van der Waals surface area (Å²) >= 11 is 5.65. The molecule has 0 aliphatic rings. The summed E-state index contributed by atoms with van der Waals surface area (Å²) in [6.07, 6.45) is 0.304. The van der Waals surface area contributed by atoms with Crippen molar-refractivity contribution in [3.05, 3.63) is 53.3 Å². The van der Waals surface area contributed by atoms with Crippen LogP contribution in [-0.2, 0) is 9.53 Å². The van der Waals surface area contributed by atoms with Crippen LogP contribution >= 0.6 is 11.6 Å². The Morgan fingerprint density at radius 2 is 1.96 bits per heavy atom. The van der Waals surface area contributed by atoms with Gasteiger partial charge in [-0.15, -0.1) is 0 Å². The monoisotopic (exact) mass is 334 g/mol. The number of aromatic nitrogens is 1. The van der Waals surface area contributed by atoms with E-state index < -0.39 is 18.0 Å². The first-order chi connectivity index (χ1) is 11.0. The number of esters is 1. The van der Waals surface area contributed by atoms with E-state index in [-0.39, 0.29) is 10.7 Å². The van der Waals surface area contributed by atoms with Crippen molar-refractivity contribution in [1.29, 1.82) is 0 Å². The SMILES string of the molecule is COc1ccccc1NC(=O)[C@H](C)OC(=O)c1ccc(Cl)nc1. The average Bonchev–Trinajstić information content (AvgIpc) is 2.55. The number of ether oxygens (including phenoxy) is 2. The van der Waals surface area contributed by atoms with Crippen LogP contribution in [0.25, 0.3) is 0 Å². The van der Waals surface area contributed by atoms with E-state index in [1.165, 1.54) is 32.4 Å². The van der Waals surface area contributed by atoms with Crippen LogP contribution in [0.3, 0.4) is 0 Å². The number of hydrogen-bond donors (Lipinski definition) is 1. The van der Waals surface area contributed by atoms with Crippen LogP contribution in [0.4, 0.5) is 5.69 Å². The number of anilines is 1. The van der Waals surface area contributed by atoms with Gasteiger partial charge in [0, 0.05) is 6.20 Å². The van der Waals surface area contributed by atoms with Gasteiger partial charge in [-0.3, -0.25) is 4.79 Å². The fraction of sp³-hybridized carbons (Fsp3) is 0.188. The number of halogens is 1. The first-order valence-corrected chi connectivity index (χ1v) is 7.15. The molecule has 0 spiro atoms. The highest BCUT2D eigenvalue weighted by Crippen LogP contribution is 2.23. The van der Waals surface area contributed by atoms with E-state index >= 15 is 0 Å². The summed E-state index contributed by atoms with van der Waals surface area (Å²) in [5.41, 5.74) is 0.711. The van der Waals surface area contributed by atoms with Gasteiger partial charge in [-0.05, 0) is 31.2 Å². The number of nitrogens with one attached hydrogen (secondary N) is 1. The van der Waals surface area contributed by atoms with Crippen LogP contribution in [0.1, 0.15) is 17.3 Å². The Bertz CT molecular complexity index is 703. The van der Waals surface area contributed by atoms with Gasteiger partial charge in [0.25, 0.3) is 5.91 Å². The van der Waals surface area contributed by atoms with Crippen molar-refractivity contribution >= 4 is 29.2 Å². The topological polar surface area (TPSA) is 77.5 Å². The molecule has 0 fully saturated rings. The largest absolute Gasteiger partial charge is 0.495 e. The summed E-state index contributed by atoms with van der Waals surface area (Å²) in [5, 5.41) is 2.92. The molecule has 0 aliphatic heterocycles. The van der Waals surface area contributed by atoms with Gasteiger partial charge >= 0.3 is 5.97 Å². The fourth-order valence-electron chi connectivity index (χ4n) is 1.76. The lowest BCUT2D eigenvalue weighted by Crippen LogP contribution is -2.30. The van der Waals surface area contributed by atoms with Crippen LogP contribution in [-0.4, -0.2) is 30.1 Å². The van der Waals surface area contributed by atoms with E-state index in [4.69, 9.17) is 21.1 Å². The Hall–Kier alpha value is -2.60.